The van der Waals surface area contributed by atoms with Crippen molar-refractivity contribution in [2.45, 2.75) is 24.9 Å². The van der Waals surface area contributed by atoms with Gasteiger partial charge in [0.15, 0.2) is 18.1 Å². The molecule has 1 fully saturated rings. The number of nitrogens with zero attached hydrogens (tertiary/aromatic N) is 6. The molecule has 0 bridgehead atoms. The fourth-order valence-electron chi connectivity index (χ4n) is 4.16. The lowest BCUT2D eigenvalue weighted by Gasteiger charge is -2.38. The fourth-order valence-corrected chi connectivity index (χ4v) is 4.29. The standard InChI is InChI=1S/C26H21ClN6O3/c27-20-8-6-19(7-9-20)26(17-28)12-14-33(15-13-26)23-11-10-21(30-31-23)24-29-22(32-36-24)16-35-25(34)18-4-2-1-3-5-18/h1-11H,12-16H2. The van der Waals surface area contributed by atoms with Crippen LogP contribution in [-0.4, -0.2) is 39.4 Å². The monoisotopic (exact) mass is 500 g/mol. The van der Waals surface area contributed by atoms with Crippen LogP contribution in [0.3, 0.4) is 0 Å². The average Bonchev–Trinajstić information content (AvgIpc) is 3.42. The summed E-state index contributed by atoms with van der Waals surface area (Å²) < 4.78 is 10.5. The molecule has 0 aliphatic carbocycles. The van der Waals surface area contributed by atoms with Gasteiger partial charge in [-0.05, 0) is 54.8 Å². The van der Waals surface area contributed by atoms with Crippen molar-refractivity contribution >= 4 is 23.4 Å². The molecule has 0 spiro atoms. The number of rotatable bonds is 6. The third-order valence-corrected chi connectivity index (χ3v) is 6.48. The fraction of sp³-hybridized carbons (Fsp3) is 0.231. The molecule has 1 saturated heterocycles. The van der Waals surface area contributed by atoms with Gasteiger partial charge in [0.1, 0.15) is 0 Å². The predicted octanol–water partition coefficient (Wildman–Crippen LogP) is 4.60. The Morgan fingerprint density at radius 3 is 2.47 bits per heavy atom. The summed E-state index contributed by atoms with van der Waals surface area (Å²) in [5, 5.41) is 23.0. The Balaban J connectivity index is 1.20. The van der Waals surface area contributed by atoms with Gasteiger partial charge in [0, 0.05) is 18.1 Å². The van der Waals surface area contributed by atoms with Crippen molar-refractivity contribution < 1.29 is 14.1 Å². The van der Waals surface area contributed by atoms with Crippen LogP contribution in [0.1, 0.15) is 34.6 Å². The van der Waals surface area contributed by atoms with Crippen LogP contribution < -0.4 is 4.90 Å². The van der Waals surface area contributed by atoms with Crippen molar-refractivity contribution in [3.8, 4) is 17.7 Å². The number of esters is 1. The summed E-state index contributed by atoms with van der Waals surface area (Å²) in [6.45, 7) is 1.22. The Morgan fingerprint density at radius 2 is 1.81 bits per heavy atom. The van der Waals surface area contributed by atoms with E-state index in [-0.39, 0.29) is 18.3 Å². The van der Waals surface area contributed by atoms with Gasteiger partial charge in [-0.1, -0.05) is 47.1 Å². The molecule has 9 nitrogen and oxygen atoms in total. The number of carbonyl (C=O) groups excluding carboxylic acids is 1. The zero-order valence-corrected chi connectivity index (χ0v) is 19.9. The molecular weight excluding hydrogens is 480 g/mol. The van der Waals surface area contributed by atoms with E-state index in [9.17, 15) is 10.1 Å². The lowest BCUT2D eigenvalue weighted by molar-refractivity contribution is 0.0459. The van der Waals surface area contributed by atoms with Crippen molar-refractivity contribution in [1.82, 2.24) is 20.3 Å². The van der Waals surface area contributed by atoms with E-state index in [0.29, 0.717) is 48.0 Å². The number of hydrogen-bond donors (Lipinski definition) is 0. The van der Waals surface area contributed by atoms with E-state index in [1.807, 2.05) is 36.4 Å². The van der Waals surface area contributed by atoms with Gasteiger partial charge < -0.3 is 14.2 Å². The molecule has 0 atom stereocenters. The van der Waals surface area contributed by atoms with Gasteiger partial charge in [0.2, 0.25) is 5.82 Å². The number of halogens is 1. The lowest BCUT2D eigenvalue weighted by Crippen LogP contribution is -2.42. The van der Waals surface area contributed by atoms with Crippen molar-refractivity contribution in [2.24, 2.45) is 0 Å². The van der Waals surface area contributed by atoms with E-state index in [2.05, 4.69) is 31.3 Å². The third kappa shape index (κ3) is 4.90. The molecule has 4 aromatic rings. The number of ether oxygens (including phenoxy) is 1. The highest BCUT2D eigenvalue weighted by Gasteiger charge is 2.37. The maximum atomic E-state index is 12.1. The van der Waals surface area contributed by atoms with Crippen molar-refractivity contribution in [1.29, 1.82) is 5.26 Å². The lowest BCUT2D eigenvalue weighted by atomic mass is 9.74. The zero-order chi connectivity index (χ0) is 25.0. The van der Waals surface area contributed by atoms with Crippen molar-refractivity contribution in [2.75, 3.05) is 18.0 Å². The first-order valence-electron chi connectivity index (χ1n) is 11.4. The number of nitriles is 1. The normalized spacial score (nSPS) is 14.7. The van der Waals surface area contributed by atoms with E-state index in [1.54, 1.807) is 30.3 Å². The number of piperidine rings is 1. The van der Waals surface area contributed by atoms with Crippen molar-refractivity contribution in [3.63, 3.8) is 0 Å². The molecule has 0 saturated carbocycles. The highest BCUT2D eigenvalue weighted by molar-refractivity contribution is 6.30. The Bertz CT molecular complexity index is 1380. The second kappa shape index (κ2) is 10.1. The number of aromatic nitrogens is 4. The minimum atomic E-state index is -0.543. The van der Waals surface area contributed by atoms with E-state index in [4.69, 9.17) is 20.9 Å². The summed E-state index contributed by atoms with van der Waals surface area (Å²) >= 11 is 6.01. The molecule has 0 amide bonds. The molecule has 3 heterocycles. The van der Waals surface area contributed by atoms with E-state index in [0.717, 1.165) is 5.56 Å². The van der Waals surface area contributed by atoms with Gasteiger partial charge in [0.25, 0.3) is 5.89 Å². The summed E-state index contributed by atoms with van der Waals surface area (Å²) in [6.07, 6.45) is 1.34. The molecule has 1 aliphatic heterocycles. The van der Waals surface area contributed by atoms with Gasteiger partial charge in [-0.2, -0.15) is 10.2 Å². The first kappa shape index (κ1) is 23.5. The second-order valence-electron chi connectivity index (χ2n) is 8.42. The van der Waals surface area contributed by atoms with E-state index in [1.165, 1.54) is 0 Å². The van der Waals surface area contributed by atoms with Crippen LogP contribution in [0.2, 0.25) is 5.02 Å². The number of anilines is 1. The van der Waals surface area contributed by atoms with Crippen molar-refractivity contribution in [3.05, 3.63) is 88.7 Å². The van der Waals surface area contributed by atoms with E-state index < -0.39 is 11.4 Å². The first-order chi connectivity index (χ1) is 17.6. The molecule has 36 heavy (non-hydrogen) atoms. The van der Waals surface area contributed by atoms with Crippen LogP contribution in [0.4, 0.5) is 5.82 Å². The van der Waals surface area contributed by atoms with Gasteiger partial charge >= 0.3 is 5.97 Å². The summed E-state index contributed by atoms with van der Waals surface area (Å²) in [6, 6.07) is 22.3. The minimum Gasteiger partial charge on any atom is -0.454 e. The topological polar surface area (TPSA) is 118 Å². The maximum absolute atomic E-state index is 12.1. The Morgan fingerprint density at radius 1 is 1.06 bits per heavy atom. The number of benzene rings is 2. The smallest absolute Gasteiger partial charge is 0.338 e. The highest BCUT2D eigenvalue weighted by atomic mass is 35.5. The molecule has 2 aromatic heterocycles. The predicted molar refractivity (Wildman–Crippen MR) is 131 cm³/mol. The molecule has 5 rings (SSSR count). The van der Waals surface area contributed by atoms with Crippen LogP contribution in [0, 0.1) is 11.3 Å². The Hall–Kier alpha value is -4.29. The molecular formula is C26H21ClN6O3. The highest BCUT2D eigenvalue weighted by Crippen LogP contribution is 2.36. The maximum Gasteiger partial charge on any atom is 0.338 e. The Labute approximate surface area is 212 Å². The Kier molecular flexibility index (Phi) is 6.60. The van der Waals surface area contributed by atoms with Crippen LogP contribution in [-0.2, 0) is 16.8 Å². The van der Waals surface area contributed by atoms with Gasteiger partial charge in [-0.15, -0.1) is 10.2 Å². The first-order valence-corrected chi connectivity index (χ1v) is 11.8. The van der Waals surface area contributed by atoms with Gasteiger partial charge in [0.05, 0.1) is 17.0 Å². The number of hydrogen-bond acceptors (Lipinski definition) is 9. The molecule has 180 valence electrons. The average molecular weight is 501 g/mol. The summed E-state index contributed by atoms with van der Waals surface area (Å²) in [4.78, 5) is 18.4. The van der Waals surface area contributed by atoms with Crippen LogP contribution in [0.15, 0.2) is 71.3 Å². The van der Waals surface area contributed by atoms with Gasteiger partial charge in [-0.25, -0.2) is 4.79 Å². The summed E-state index contributed by atoms with van der Waals surface area (Å²) in [5.41, 5.74) is 1.30. The summed E-state index contributed by atoms with van der Waals surface area (Å²) in [5.74, 6) is 0.651. The van der Waals surface area contributed by atoms with Crippen LogP contribution in [0.5, 0.6) is 0 Å². The minimum absolute atomic E-state index is 0.120. The zero-order valence-electron chi connectivity index (χ0n) is 19.2. The quantitative estimate of drug-likeness (QED) is 0.350. The molecule has 2 aromatic carbocycles. The largest absolute Gasteiger partial charge is 0.454 e. The van der Waals surface area contributed by atoms with Crippen LogP contribution in [0.25, 0.3) is 11.6 Å². The third-order valence-electron chi connectivity index (χ3n) is 6.23. The SMILES string of the molecule is N#CC1(c2ccc(Cl)cc2)CCN(c2ccc(-c3nc(COC(=O)c4ccccc4)no3)nn2)CC1. The second-order valence-corrected chi connectivity index (χ2v) is 8.86. The van der Waals surface area contributed by atoms with Crippen LogP contribution >= 0.6 is 11.6 Å². The summed E-state index contributed by atoms with van der Waals surface area (Å²) in [7, 11) is 0. The molecule has 10 heteroatoms. The molecule has 0 unspecified atom stereocenters. The van der Waals surface area contributed by atoms with E-state index >= 15 is 0 Å². The van der Waals surface area contributed by atoms with Gasteiger partial charge in [-0.3, -0.25) is 0 Å². The number of carbonyl (C=O) groups is 1. The molecule has 0 radical (unpaired) electrons. The molecule has 1 aliphatic rings. The molecule has 0 N–H and O–H groups in total.